The molecule has 5 nitrogen and oxygen atoms in total. The zero-order chi connectivity index (χ0) is 19.2. The molecule has 1 atom stereocenters. The standard InChI is InChI=1S/C21H25FN2O3/c1-26-19-10-9-15(12-20(19)27-2)13-23-21(25)18-8-5-11-24(18)14-16-6-3-4-7-17(16)22/h3-4,6-7,9-10,12,18H,5,8,11,13-14H2,1-2H3,(H,23,25). The highest BCUT2D eigenvalue weighted by molar-refractivity contribution is 5.82. The first kappa shape index (κ1) is 19.2. The van der Waals surface area contributed by atoms with Gasteiger partial charge in [0.15, 0.2) is 11.5 Å². The Morgan fingerprint density at radius 3 is 2.70 bits per heavy atom. The SMILES string of the molecule is COc1ccc(CNC(=O)C2CCCN2Cc2ccccc2F)cc1OC. The topological polar surface area (TPSA) is 50.8 Å². The van der Waals surface area contributed by atoms with Gasteiger partial charge in [0.2, 0.25) is 5.91 Å². The Balaban J connectivity index is 1.61. The van der Waals surface area contributed by atoms with Crippen molar-refractivity contribution in [1.29, 1.82) is 0 Å². The molecule has 2 aromatic carbocycles. The number of benzene rings is 2. The summed E-state index contributed by atoms with van der Waals surface area (Å²) in [6, 6.07) is 12.1. The van der Waals surface area contributed by atoms with Crippen LogP contribution in [0.5, 0.6) is 11.5 Å². The van der Waals surface area contributed by atoms with Crippen molar-refractivity contribution in [3.8, 4) is 11.5 Å². The molecule has 0 aromatic heterocycles. The summed E-state index contributed by atoms with van der Waals surface area (Å²) in [4.78, 5) is 14.7. The Hall–Kier alpha value is -2.60. The van der Waals surface area contributed by atoms with E-state index in [0.717, 1.165) is 24.9 Å². The Labute approximate surface area is 159 Å². The predicted molar refractivity (Wildman–Crippen MR) is 101 cm³/mol. The second-order valence-corrected chi connectivity index (χ2v) is 6.63. The predicted octanol–water partition coefficient (Wildman–Crippen LogP) is 3.12. The third kappa shape index (κ3) is 4.57. The van der Waals surface area contributed by atoms with Crippen molar-refractivity contribution in [3.63, 3.8) is 0 Å². The minimum atomic E-state index is -0.232. The van der Waals surface area contributed by atoms with Gasteiger partial charge in [-0.1, -0.05) is 24.3 Å². The number of nitrogens with one attached hydrogen (secondary N) is 1. The average molecular weight is 372 g/mol. The van der Waals surface area contributed by atoms with E-state index in [2.05, 4.69) is 5.32 Å². The lowest BCUT2D eigenvalue weighted by molar-refractivity contribution is -0.125. The number of nitrogens with zero attached hydrogens (tertiary/aromatic N) is 1. The number of ether oxygens (including phenoxy) is 2. The first-order valence-corrected chi connectivity index (χ1v) is 9.08. The fraction of sp³-hybridized carbons (Fsp3) is 0.381. The van der Waals surface area contributed by atoms with Crippen LogP contribution >= 0.6 is 0 Å². The Morgan fingerprint density at radius 2 is 1.96 bits per heavy atom. The van der Waals surface area contributed by atoms with Gasteiger partial charge in [-0.05, 0) is 43.1 Å². The van der Waals surface area contributed by atoms with E-state index in [-0.39, 0.29) is 17.8 Å². The number of rotatable bonds is 7. The second kappa shape index (κ2) is 8.86. The Bertz CT molecular complexity index is 797. The number of carbonyl (C=O) groups is 1. The molecule has 0 saturated carbocycles. The van der Waals surface area contributed by atoms with Crippen LogP contribution in [0.25, 0.3) is 0 Å². The summed E-state index contributed by atoms with van der Waals surface area (Å²) in [5, 5.41) is 2.99. The maximum atomic E-state index is 13.9. The maximum absolute atomic E-state index is 13.9. The van der Waals surface area contributed by atoms with Crippen LogP contribution in [0.2, 0.25) is 0 Å². The molecule has 3 rings (SSSR count). The fourth-order valence-corrected chi connectivity index (χ4v) is 3.46. The van der Waals surface area contributed by atoms with Gasteiger partial charge in [-0.3, -0.25) is 9.69 Å². The molecule has 1 unspecified atom stereocenters. The quantitative estimate of drug-likeness (QED) is 0.811. The van der Waals surface area contributed by atoms with E-state index >= 15 is 0 Å². The molecule has 0 aliphatic carbocycles. The molecule has 1 aliphatic rings. The minimum Gasteiger partial charge on any atom is -0.493 e. The van der Waals surface area contributed by atoms with Gasteiger partial charge < -0.3 is 14.8 Å². The zero-order valence-electron chi connectivity index (χ0n) is 15.7. The van der Waals surface area contributed by atoms with Crippen molar-refractivity contribution in [2.75, 3.05) is 20.8 Å². The summed E-state index contributed by atoms with van der Waals surface area (Å²) in [5.74, 6) is 1.03. The van der Waals surface area contributed by atoms with E-state index in [4.69, 9.17) is 9.47 Å². The van der Waals surface area contributed by atoms with Crippen molar-refractivity contribution in [2.45, 2.75) is 32.0 Å². The molecule has 0 spiro atoms. The molecule has 1 fully saturated rings. The van der Waals surface area contributed by atoms with Crippen LogP contribution in [0.4, 0.5) is 4.39 Å². The molecule has 27 heavy (non-hydrogen) atoms. The zero-order valence-corrected chi connectivity index (χ0v) is 15.7. The highest BCUT2D eigenvalue weighted by Gasteiger charge is 2.30. The molecule has 1 amide bonds. The van der Waals surface area contributed by atoms with Gasteiger partial charge in [-0.15, -0.1) is 0 Å². The number of hydrogen-bond acceptors (Lipinski definition) is 4. The van der Waals surface area contributed by atoms with E-state index in [0.29, 0.717) is 30.2 Å². The van der Waals surface area contributed by atoms with Gasteiger partial charge in [0.1, 0.15) is 5.82 Å². The molecule has 6 heteroatoms. The van der Waals surface area contributed by atoms with E-state index in [1.165, 1.54) is 6.07 Å². The second-order valence-electron chi connectivity index (χ2n) is 6.63. The fourth-order valence-electron chi connectivity index (χ4n) is 3.46. The van der Waals surface area contributed by atoms with Gasteiger partial charge in [0, 0.05) is 18.7 Å². The van der Waals surface area contributed by atoms with E-state index in [1.807, 2.05) is 29.2 Å². The van der Waals surface area contributed by atoms with Crippen LogP contribution in [0, 0.1) is 5.82 Å². The number of hydrogen-bond donors (Lipinski definition) is 1. The largest absolute Gasteiger partial charge is 0.493 e. The van der Waals surface area contributed by atoms with Crippen LogP contribution in [0.15, 0.2) is 42.5 Å². The van der Waals surface area contributed by atoms with Crippen LogP contribution < -0.4 is 14.8 Å². The number of halogens is 1. The molecule has 2 aromatic rings. The smallest absolute Gasteiger partial charge is 0.237 e. The molecule has 0 bridgehead atoms. The Kier molecular flexibility index (Phi) is 6.29. The van der Waals surface area contributed by atoms with Crippen molar-refractivity contribution in [2.24, 2.45) is 0 Å². The van der Waals surface area contributed by atoms with Crippen molar-refractivity contribution >= 4 is 5.91 Å². The van der Waals surface area contributed by atoms with Crippen LogP contribution in [0.3, 0.4) is 0 Å². The summed E-state index contributed by atoms with van der Waals surface area (Å²) >= 11 is 0. The van der Waals surface area contributed by atoms with Crippen LogP contribution in [0.1, 0.15) is 24.0 Å². The first-order chi connectivity index (χ1) is 13.1. The highest BCUT2D eigenvalue weighted by Crippen LogP contribution is 2.27. The summed E-state index contributed by atoms with van der Waals surface area (Å²) in [5.41, 5.74) is 1.55. The summed E-state index contributed by atoms with van der Waals surface area (Å²) in [7, 11) is 3.17. The van der Waals surface area contributed by atoms with Gasteiger partial charge in [0.05, 0.1) is 20.3 Å². The summed E-state index contributed by atoms with van der Waals surface area (Å²) in [6.07, 6.45) is 1.72. The summed E-state index contributed by atoms with van der Waals surface area (Å²) in [6.45, 7) is 1.65. The van der Waals surface area contributed by atoms with Gasteiger partial charge in [0.25, 0.3) is 0 Å². The van der Waals surface area contributed by atoms with Crippen molar-refractivity contribution in [3.05, 3.63) is 59.4 Å². The molecule has 1 aliphatic heterocycles. The van der Waals surface area contributed by atoms with Crippen LogP contribution in [-0.2, 0) is 17.9 Å². The molecule has 144 valence electrons. The van der Waals surface area contributed by atoms with Gasteiger partial charge in [-0.25, -0.2) is 4.39 Å². The number of amides is 1. The number of carbonyl (C=O) groups excluding carboxylic acids is 1. The van der Waals surface area contributed by atoms with Crippen molar-refractivity contribution in [1.82, 2.24) is 10.2 Å². The van der Waals surface area contributed by atoms with Crippen LogP contribution in [-0.4, -0.2) is 37.6 Å². The Morgan fingerprint density at radius 1 is 1.19 bits per heavy atom. The number of methoxy groups -OCH3 is 2. The normalized spacial score (nSPS) is 16.9. The first-order valence-electron chi connectivity index (χ1n) is 9.08. The minimum absolute atomic E-state index is 0.0291. The van der Waals surface area contributed by atoms with E-state index in [1.54, 1.807) is 26.4 Å². The van der Waals surface area contributed by atoms with Crippen molar-refractivity contribution < 1.29 is 18.7 Å². The number of likely N-dealkylation sites (tertiary alicyclic amines) is 1. The lowest BCUT2D eigenvalue weighted by atomic mass is 10.1. The van der Waals surface area contributed by atoms with E-state index < -0.39 is 0 Å². The molecule has 0 radical (unpaired) electrons. The molecule has 1 heterocycles. The van der Waals surface area contributed by atoms with Gasteiger partial charge in [-0.2, -0.15) is 0 Å². The van der Waals surface area contributed by atoms with E-state index in [9.17, 15) is 9.18 Å². The molecular weight excluding hydrogens is 347 g/mol. The third-order valence-electron chi connectivity index (χ3n) is 4.91. The summed E-state index contributed by atoms with van der Waals surface area (Å²) < 4.78 is 24.4. The monoisotopic (exact) mass is 372 g/mol. The molecule has 1 N–H and O–H groups in total. The molecule has 1 saturated heterocycles. The average Bonchev–Trinajstić information content (AvgIpc) is 3.16. The van der Waals surface area contributed by atoms with Gasteiger partial charge >= 0.3 is 0 Å². The lowest BCUT2D eigenvalue weighted by Crippen LogP contribution is -2.42. The third-order valence-corrected chi connectivity index (χ3v) is 4.91. The molecular formula is C21H25FN2O3. The maximum Gasteiger partial charge on any atom is 0.237 e. The lowest BCUT2D eigenvalue weighted by Gasteiger charge is -2.24. The highest BCUT2D eigenvalue weighted by atomic mass is 19.1.